The van der Waals surface area contributed by atoms with E-state index < -0.39 is 11.6 Å². The molecule has 0 heterocycles. The molecule has 3 aromatic carbocycles. The SMILES string of the molecule is C=CCCC1CC=C(c2ccc(-c3ccc(-c4ccc(CCCC)c(F)c4F)cc3)cc2F)CC1. The van der Waals surface area contributed by atoms with Gasteiger partial charge in [0.05, 0.1) is 0 Å². The summed E-state index contributed by atoms with van der Waals surface area (Å²) in [7, 11) is 0. The second kappa shape index (κ2) is 11.6. The van der Waals surface area contributed by atoms with Gasteiger partial charge in [-0.2, -0.15) is 0 Å². The fourth-order valence-corrected chi connectivity index (χ4v) is 4.92. The van der Waals surface area contributed by atoms with Gasteiger partial charge in [-0.25, -0.2) is 13.2 Å². The maximum absolute atomic E-state index is 15.0. The molecule has 35 heavy (non-hydrogen) atoms. The summed E-state index contributed by atoms with van der Waals surface area (Å²) in [5.74, 6) is -1.14. The topological polar surface area (TPSA) is 0 Å². The minimum atomic E-state index is -0.811. The number of hydrogen-bond donors (Lipinski definition) is 0. The highest BCUT2D eigenvalue weighted by atomic mass is 19.2. The Balaban J connectivity index is 1.50. The molecule has 0 saturated heterocycles. The van der Waals surface area contributed by atoms with Gasteiger partial charge in [0.1, 0.15) is 5.82 Å². The Morgan fingerprint density at radius 1 is 0.886 bits per heavy atom. The molecule has 182 valence electrons. The average Bonchev–Trinajstić information content (AvgIpc) is 2.89. The van der Waals surface area contributed by atoms with Crippen molar-refractivity contribution < 1.29 is 13.2 Å². The predicted molar refractivity (Wildman–Crippen MR) is 141 cm³/mol. The monoisotopic (exact) mass is 474 g/mol. The first-order valence-electron chi connectivity index (χ1n) is 12.7. The van der Waals surface area contributed by atoms with E-state index in [4.69, 9.17) is 0 Å². The number of unbranched alkanes of at least 4 members (excludes halogenated alkanes) is 1. The van der Waals surface area contributed by atoms with Crippen LogP contribution in [0.15, 0.2) is 73.3 Å². The van der Waals surface area contributed by atoms with Crippen LogP contribution >= 0.6 is 0 Å². The fourth-order valence-electron chi connectivity index (χ4n) is 4.92. The van der Waals surface area contributed by atoms with Crippen LogP contribution in [0, 0.1) is 23.4 Å². The van der Waals surface area contributed by atoms with Gasteiger partial charge in [0.2, 0.25) is 0 Å². The van der Waals surface area contributed by atoms with Gasteiger partial charge >= 0.3 is 0 Å². The lowest BCUT2D eigenvalue weighted by Crippen LogP contribution is -2.06. The Labute approximate surface area is 207 Å². The molecule has 1 atom stereocenters. The molecule has 0 aliphatic heterocycles. The molecule has 3 heteroatoms. The van der Waals surface area contributed by atoms with E-state index in [1.807, 2.05) is 37.3 Å². The van der Waals surface area contributed by atoms with E-state index in [-0.39, 0.29) is 11.4 Å². The zero-order chi connectivity index (χ0) is 24.8. The molecule has 1 unspecified atom stereocenters. The van der Waals surface area contributed by atoms with Crippen molar-refractivity contribution in [3.05, 3.63) is 102 Å². The average molecular weight is 475 g/mol. The Morgan fingerprint density at radius 2 is 1.60 bits per heavy atom. The lowest BCUT2D eigenvalue weighted by molar-refractivity contribution is 0.453. The minimum Gasteiger partial charge on any atom is -0.206 e. The van der Waals surface area contributed by atoms with Crippen molar-refractivity contribution in [3.63, 3.8) is 0 Å². The fraction of sp³-hybridized carbons (Fsp3) is 0.312. The molecule has 0 saturated carbocycles. The summed E-state index contributed by atoms with van der Waals surface area (Å²) in [5, 5.41) is 0. The molecule has 3 aromatic rings. The van der Waals surface area contributed by atoms with Gasteiger partial charge in [-0.15, -0.1) is 6.58 Å². The third-order valence-electron chi connectivity index (χ3n) is 7.10. The Hall–Kier alpha value is -3.07. The minimum absolute atomic E-state index is 0.224. The van der Waals surface area contributed by atoms with Gasteiger partial charge in [0, 0.05) is 11.1 Å². The van der Waals surface area contributed by atoms with Crippen LogP contribution in [-0.2, 0) is 6.42 Å². The standard InChI is InChI=1S/C32H33F3/c1-3-5-7-22-9-11-24(12-10-22)28-19-18-27(21-30(28)33)23-13-15-25(16-14-23)29-20-17-26(8-6-4-2)31(34)32(29)35/h3,11,13-22H,1,4-10,12H2,2H3. The van der Waals surface area contributed by atoms with Crippen molar-refractivity contribution in [2.24, 2.45) is 5.92 Å². The number of aryl methyl sites for hydroxylation is 1. The molecule has 1 aliphatic rings. The molecule has 0 aromatic heterocycles. The van der Waals surface area contributed by atoms with Crippen molar-refractivity contribution in [3.8, 4) is 22.3 Å². The highest BCUT2D eigenvalue weighted by molar-refractivity contribution is 5.74. The molecular weight excluding hydrogens is 441 g/mol. The van der Waals surface area contributed by atoms with Gasteiger partial charge in [-0.05, 0) is 84.8 Å². The first-order valence-corrected chi connectivity index (χ1v) is 12.7. The summed E-state index contributed by atoms with van der Waals surface area (Å²) < 4.78 is 44.3. The van der Waals surface area contributed by atoms with Crippen LogP contribution in [0.1, 0.15) is 63.0 Å². The molecule has 0 N–H and O–H groups in total. The molecular formula is C32H33F3. The second-order valence-electron chi connectivity index (χ2n) is 9.51. The quantitative estimate of drug-likeness (QED) is 0.271. The zero-order valence-electron chi connectivity index (χ0n) is 20.4. The van der Waals surface area contributed by atoms with Crippen LogP contribution in [0.2, 0.25) is 0 Å². The van der Waals surface area contributed by atoms with E-state index in [1.54, 1.807) is 30.3 Å². The summed E-state index contributed by atoms with van der Waals surface area (Å²) in [4.78, 5) is 0. The zero-order valence-corrected chi connectivity index (χ0v) is 20.4. The molecule has 0 nitrogen and oxygen atoms in total. The second-order valence-corrected chi connectivity index (χ2v) is 9.51. The van der Waals surface area contributed by atoms with Gasteiger partial charge in [-0.3, -0.25) is 0 Å². The van der Waals surface area contributed by atoms with Crippen LogP contribution in [0.4, 0.5) is 13.2 Å². The smallest absolute Gasteiger partial charge is 0.166 e. The van der Waals surface area contributed by atoms with E-state index in [2.05, 4.69) is 12.7 Å². The van der Waals surface area contributed by atoms with E-state index >= 15 is 4.39 Å². The predicted octanol–water partition coefficient (Wildman–Crippen LogP) is 9.93. The van der Waals surface area contributed by atoms with Crippen LogP contribution in [-0.4, -0.2) is 0 Å². The van der Waals surface area contributed by atoms with Crippen LogP contribution < -0.4 is 0 Å². The summed E-state index contributed by atoms with van der Waals surface area (Å²) in [5.41, 5.74) is 4.61. The van der Waals surface area contributed by atoms with Gasteiger partial charge in [0.15, 0.2) is 11.6 Å². The third-order valence-corrected chi connectivity index (χ3v) is 7.10. The van der Waals surface area contributed by atoms with E-state index in [1.165, 1.54) is 0 Å². The first kappa shape index (κ1) is 25.0. The van der Waals surface area contributed by atoms with E-state index in [0.717, 1.165) is 61.6 Å². The summed E-state index contributed by atoms with van der Waals surface area (Å²) in [6.07, 6.45) is 11.6. The number of hydrogen-bond acceptors (Lipinski definition) is 0. The number of benzene rings is 3. The van der Waals surface area contributed by atoms with Crippen LogP contribution in [0.3, 0.4) is 0 Å². The molecule has 4 rings (SSSR count). The molecule has 0 spiro atoms. The summed E-state index contributed by atoms with van der Waals surface area (Å²) in [6, 6.07) is 15.9. The van der Waals surface area contributed by atoms with Gasteiger partial charge in [-0.1, -0.05) is 74.0 Å². The van der Waals surface area contributed by atoms with Crippen molar-refractivity contribution in [1.29, 1.82) is 0 Å². The van der Waals surface area contributed by atoms with Crippen LogP contribution in [0.5, 0.6) is 0 Å². The number of rotatable bonds is 9. The molecule has 0 radical (unpaired) electrons. The summed E-state index contributed by atoms with van der Waals surface area (Å²) >= 11 is 0. The molecule has 0 amide bonds. The Morgan fingerprint density at radius 3 is 2.26 bits per heavy atom. The van der Waals surface area contributed by atoms with E-state index in [0.29, 0.717) is 29.0 Å². The maximum Gasteiger partial charge on any atom is 0.166 e. The van der Waals surface area contributed by atoms with Gasteiger partial charge in [0.25, 0.3) is 0 Å². The van der Waals surface area contributed by atoms with Crippen molar-refractivity contribution in [2.75, 3.05) is 0 Å². The highest BCUT2D eigenvalue weighted by Crippen LogP contribution is 2.35. The molecule has 0 fully saturated rings. The normalized spacial score (nSPS) is 15.7. The number of allylic oxidation sites excluding steroid dienone is 3. The van der Waals surface area contributed by atoms with Gasteiger partial charge < -0.3 is 0 Å². The maximum atomic E-state index is 15.0. The lowest BCUT2D eigenvalue weighted by Gasteiger charge is -2.22. The van der Waals surface area contributed by atoms with Crippen molar-refractivity contribution in [2.45, 2.75) is 58.3 Å². The third kappa shape index (κ3) is 5.78. The Kier molecular flexibility index (Phi) is 8.28. The largest absolute Gasteiger partial charge is 0.206 e. The molecule has 0 bridgehead atoms. The number of halogens is 3. The van der Waals surface area contributed by atoms with E-state index in [9.17, 15) is 8.78 Å². The summed E-state index contributed by atoms with van der Waals surface area (Å²) in [6.45, 7) is 5.82. The highest BCUT2D eigenvalue weighted by Gasteiger charge is 2.18. The lowest BCUT2D eigenvalue weighted by atomic mass is 9.84. The Bertz CT molecular complexity index is 1200. The first-order chi connectivity index (χ1) is 17.0. The van der Waals surface area contributed by atoms with Crippen LogP contribution in [0.25, 0.3) is 27.8 Å². The van der Waals surface area contributed by atoms with Crippen molar-refractivity contribution in [1.82, 2.24) is 0 Å². The van der Waals surface area contributed by atoms with Crippen molar-refractivity contribution >= 4 is 5.57 Å². The molecule has 1 aliphatic carbocycles.